The van der Waals surface area contributed by atoms with E-state index < -0.39 is 0 Å². The zero-order valence-electron chi connectivity index (χ0n) is 7.33. The topological polar surface area (TPSA) is 15.3 Å². The number of hydrogen-bond acceptors (Lipinski definition) is 2. The lowest BCUT2D eigenvalue weighted by Gasteiger charge is -2.27. The number of para-hydroxylation sites is 2. The van der Waals surface area contributed by atoms with Crippen LogP contribution in [-0.2, 0) is 0 Å². The SMILES string of the molecule is CC1=CNc2ccccc2N1C. The molecule has 0 spiro atoms. The summed E-state index contributed by atoms with van der Waals surface area (Å²) in [5.74, 6) is 0. The van der Waals surface area contributed by atoms with Crippen LogP contribution in [0.15, 0.2) is 36.2 Å². The van der Waals surface area contributed by atoms with Gasteiger partial charge in [0.25, 0.3) is 0 Å². The Kier molecular flexibility index (Phi) is 1.54. The fourth-order valence-electron chi connectivity index (χ4n) is 1.36. The second-order valence-corrected chi connectivity index (χ2v) is 3.01. The molecule has 0 fully saturated rings. The third-order valence-corrected chi connectivity index (χ3v) is 2.23. The van der Waals surface area contributed by atoms with E-state index >= 15 is 0 Å². The standard InChI is InChI=1S/C10H12N2/c1-8-7-11-9-5-3-4-6-10(9)12(8)2/h3-7,11H,1-2H3. The maximum atomic E-state index is 3.24. The van der Waals surface area contributed by atoms with E-state index in [9.17, 15) is 0 Å². The Bertz CT molecular complexity index is 328. The molecular weight excluding hydrogens is 148 g/mol. The summed E-state index contributed by atoms with van der Waals surface area (Å²) in [7, 11) is 2.07. The zero-order valence-corrected chi connectivity index (χ0v) is 7.33. The van der Waals surface area contributed by atoms with Crippen molar-refractivity contribution in [1.82, 2.24) is 0 Å². The smallest absolute Gasteiger partial charge is 0.0645 e. The van der Waals surface area contributed by atoms with Gasteiger partial charge in [-0.05, 0) is 19.1 Å². The van der Waals surface area contributed by atoms with Gasteiger partial charge in [0.1, 0.15) is 0 Å². The maximum Gasteiger partial charge on any atom is 0.0645 e. The van der Waals surface area contributed by atoms with Crippen LogP contribution in [0.1, 0.15) is 6.92 Å². The maximum absolute atomic E-state index is 3.24. The van der Waals surface area contributed by atoms with Crippen LogP contribution in [0.25, 0.3) is 0 Å². The predicted octanol–water partition coefficient (Wildman–Crippen LogP) is 2.41. The Morgan fingerprint density at radius 2 is 2.00 bits per heavy atom. The highest BCUT2D eigenvalue weighted by Gasteiger charge is 2.11. The molecule has 1 N–H and O–H groups in total. The average molecular weight is 160 g/mol. The predicted molar refractivity (Wildman–Crippen MR) is 52.2 cm³/mol. The molecule has 0 radical (unpaired) electrons. The van der Waals surface area contributed by atoms with Crippen LogP contribution in [0, 0.1) is 0 Å². The van der Waals surface area contributed by atoms with E-state index in [1.165, 1.54) is 17.1 Å². The largest absolute Gasteiger partial charge is 0.358 e. The number of anilines is 2. The van der Waals surface area contributed by atoms with E-state index in [1.54, 1.807) is 0 Å². The fourth-order valence-corrected chi connectivity index (χ4v) is 1.36. The quantitative estimate of drug-likeness (QED) is 0.627. The van der Waals surface area contributed by atoms with Gasteiger partial charge in [-0.15, -0.1) is 0 Å². The summed E-state index contributed by atoms with van der Waals surface area (Å²) in [6, 6.07) is 8.28. The first-order valence-corrected chi connectivity index (χ1v) is 4.05. The highest BCUT2D eigenvalue weighted by Crippen LogP contribution is 2.30. The normalized spacial score (nSPS) is 14.8. The van der Waals surface area contributed by atoms with E-state index in [0.717, 1.165) is 0 Å². The summed E-state index contributed by atoms with van der Waals surface area (Å²) in [5, 5.41) is 3.24. The van der Waals surface area contributed by atoms with Crippen molar-refractivity contribution in [2.45, 2.75) is 6.92 Å². The Hall–Kier alpha value is -1.44. The lowest BCUT2D eigenvalue weighted by Crippen LogP contribution is -2.20. The summed E-state index contributed by atoms with van der Waals surface area (Å²) in [5.41, 5.74) is 3.64. The molecule has 0 amide bonds. The van der Waals surface area contributed by atoms with E-state index in [0.29, 0.717) is 0 Å². The number of nitrogens with one attached hydrogen (secondary N) is 1. The van der Waals surface area contributed by atoms with Crippen molar-refractivity contribution in [2.24, 2.45) is 0 Å². The fraction of sp³-hybridized carbons (Fsp3) is 0.200. The molecule has 0 bridgehead atoms. The number of nitrogens with zero attached hydrogens (tertiary/aromatic N) is 1. The second-order valence-electron chi connectivity index (χ2n) is 3.01. The summed E-state index contributed by atoms with van der Waals surface area (Å²) in [6.45, 7) is 2.09. The molecule has 2 nitrogen and oxygen atoms in total. The first-order chi connectivity index (χ1) is 5.79. The summed E-state index contributed by atoms with van der Waals surface area (Å²) in [4.78, 5) is 2.17. The lowest BCUT2D eigenvalue weighted by atomic mass is 10.2. The first kappa shape index (κ1) is 7.22. The van der Waals surface area contributed by atoms with E-state index in [4.69, 9.17) is 0 Å². The van der Waals surface area contributed by atoms with Crippen LogP contribution < -0.4 is 10.2 Å². The molecule has 12 heavy (non-hydrogen) atoms. The van der Waals surface area contributed by atoms with Crippen molar-refractivity contribution in [1.29, 1.82) is 0 Å². The first-order valence-electron chi connectivity index (χ1n) is 4.05. The van der Waals surface area contributed by atoms with E-state index in [1.807, 2.05) is 12.3 Å². The van der Waals surface area contributed by atoms with Crippen molar-refractivity contribution in [3.63, 3.8) is 0 Å². The molecule has 0 saturated carbocycles. The molecule has 0 saturated heterocycles. The number of hydrogen-bond donors (Lipinski definition) is 1. The van der Waals surface area contributed by atoms with Gasteiger partial charge in [0, 0.05) is 18.9 Å². The summed E-state index contributed by atoms with van der Waals surface area (Å²) in [6.07, 6.45) is 2.02. The van der Waals surface area contributed by atoms with Crippen molar-refractivity contribution < 1.29 is 0 Å². The minimum atomic E-state index is 1.17. The zero-order chi connectivity index (χ0) is 8.55. The number of rotatable bonds is 0. The molecule has 1 aliphatic heterocycles. The molecule has 62 valence electrons. The van der Waals surface area contributed by atoms with Crippen LogP contribution in [0.5, 0.6) is 0 Å². The van der Waals surface area contributed by atoms with Gasteiger partial charge in [-0.1, -0.05) is 12.1 Å². The molecule has 2 heteroatoms. The van der Waals surface area contributed by atoms with Crippen LogP contribution in [0.3, 0.4) is 0 Å². The van der Waals surface area contributed by atoms with Gasteiger partial charge in [-0.2, -0.15) is 0 Å². The molecule has 0 aromatic heterocycles. The summed E-state index contributed by atoms with van der Waals surface area (Å²) < 4.78 is 0. The molecule has 0 unspecified atom stereocenters. The molecule has 0 atom stereocenters. The van der Waals surface area contributed by atoms with Crippen LogP contribution >= 0.6 is 0 Å². The minimum absolute atomic E-state index is 1.17. The monoisotopic (exact) mass is 160 g/mol. The van der Waals surface area contributed by atoms with E-state index in [2.05, 4.69) is 42.4 Å². The number of fused-ring (bicyclic) bond motifs is 1. The molecule has 2 rings (SSSR count). The molecule has 1 aliphatic rings. The van der Waals surface area contributed by atoms with Crippen LogP contribution in [0.4, 0.5) is 11.4 Å². The van der Waals surface area contributed by atoms with Gasteiger partial charge in [-0.3, -0.25) is 0 Å². The molecule has 1 aromatic rings. The highest BCUT2D eigenvalue weighted by atomic mass is 15.2. The Balaban J connectivity index is 2.49. The van der Waals surface area contributed by atoms with Crippen LogP contribution in [0.2, 0.25) is 0 Å². The van der Waals surface area contributed by atoms with Crippen LogP contribution in [-0.4, -0.2) is 7.05 Å². The van der Waals surface area contributed by atoms with Gasteiger partial charge in [0.15, 0.2) is 0 Å². The molecular formula is C10H12N2. The number of allylic oxidation sites excluding steroid dienone is 1. The van der Waals surface area contributed by atoms with E-state index in [-0.39, 0.29) is 0 Å². The summed E-state index contributed by atoms with van der Waals surface area (Å²) >= 11 is 0. The van der Waals surface area contributed by atoms with Crippen molar-refractivity contribution in [3.05, 3.63) is 36.2 Å². The highest BCUT2D eigenvalue weighted by molar-refractivity contribution is 5.75. The van der Waals surface area contributed by atoms with Crippen molar-refractivity contribution in [2.75, 3.05) is 17.3 Å². The van der Waals surface area contributed by atoms with Crippen molar-refractivity contribution >= 4 is 11.4 Å². The molecule has 1 heterocycles. The average Bonchev–Trinajstić information content (AvgIpc) is 2.12. The van der Waals surface area contributed by atoms with Gasteiger partial charge >= 0.3 is 0 Å². The Labute approximate surface area is 72.5 Å². The molecule has 0 aliphatic carbocycles. The van der Waals surface area contributed by atoms with Gasteiger partial charge in [0.05, 0.1) is 11.4 Å². The van der Waals surface area contributed by atoms with Gasteiger partial charge in [0.2, 0.25) is 0 Å². The van der Waals surface area contributed by atoms with Gasteiger partial charge in [-0.25, -0.2) is 0 Å². The van der Waals surface area contributed by atoms with Crippen molar-refractivity contribution in [3.8, 4) is 0 Å². The number of benzene rings is 1. The third kappa shape index (κ3) is 0.961. The third-order valence-electron chi connectivity index (χ3n) is 2.23. The molecule has 1 aromatic carbocycles. The lowest BCUT2D eigenvalue weighted by molar-refractivity contribution is 1.07. The second kappa shape index (κ2) is 2.55. The Morgan fingerprint density at radius 3 is 2.83 bits per heavy atom. The van der Waals surface area contributed by atoms with Gasteiger partial charge < -0.3 is 10.2 Å². The minimum Gasteiger partial charge on any atom is -0.358 e. The Morgan fingerprint density at radius 1 is 1.25 bits per heavy atom.